The van der Waals surface area contributed by atoms with E-state index in [9.17, 15) is 18.5 Å². The number of hydrogen-bond donors (Lipinski definition) is 2. The number of rotatable bonds is 6. The van der Waals surface area contributed by atoms with E-state index in [0.717, 1.165) is 0 Å². The molecule has 0 spiro atoms. The summed E-state index contributed by atoms with van der Waals surface area (Å²) < 4.78 is 28.5. The maximum atomic E-state index is 13.8. The third kappa shape index (κ3) is 3.76. The fourth-order valence-corrected chi connectivity index (χ4v) is 4.84. The molecule has 0 saturated carbocycles. The summed E-state index contributed by atoms with van der Waals surface area (Å²) in [7, 11) is -1.68. The van der Waals surface area contributed by atoms with Crippen LogP contribution in [0.4, 0.5) is 15.3 Å². The summed E-state index contributed by atoms with van der Waals surface area (Å²) in [5.41, 5.74) is 1.45. The number of carbonyl (C=O) groups is 1. The molecule has 4 aromatic rings. The summed E-state index contributed by atoms with van der Waals surface area (Å²) >= 11 is 1.43. The third-order valence-corrected chi connectivity index (χ3v) is 6.48. The zero-order valence-corrected chi connectivity index (χ0v) is 16.8. The number of fused-ring (bicyclic) bond motifs is 1. The summed E-state index contributed by atoms with van der Waals surface area (Å²) in [6.45, 7) is 1.68. The second-order valence-corrected chi connectivity index (χ2v) is 8.41. The number of pyridine rings is 1. The van der Waals surface area contributed by atoms with Gasteiger partial charge in [-0.2, -0.15) is 0 Å². The van der Waals surface area contributed by atoms with Crippen LogP contribution in [0.5, 0.6) is 0 Å². The van der Waals surface area contributed by atoms with Crippen molar-refractivity contribution in [3.63, 3.8) is 0 Å². The van der Waals surface area contributed by atoms with Crippen molar-refractivity contribution < 1.29 is 18.5 Å². The Morgan fingerprint density at radius 2 is 2.14 bits per heavy atom. The molecule has 10 heteroatoms. The lowest BCUT2D eigenvalue weighted by Crippen LogP contribution is -2.09. The van der Waals surface area contributed by atoms with Crippen LogP contribution in [0.25, 0.3) is 10.9 Å². The first-order valence-corrected chi connectivity index (χ1v) is 10.5. The fourth-order valence-electron chi connectivity index (χ4n) is 3.07. The molecule has 0 aliphatic carbocycles. The van der Waals surface area contributed by atoms with Gasteiger partial charge in [-0.05, 0) is 42.8 Å². The van der Waals surface area contributed by atoms with E-state index >= 15 is 0 Å². The molecule has 1 aromatic carbocycles. The predicted octanol–water partition coefficient (Wildman–Crippen LogP) is 3.88. The standard InChI is InChI=1S/C19H15FN4O3S2/c1-11-14(9-18(25)26)15-8-12(20)2-4-16(15)24(11)29(27)13-3-5-17(22-10-13)23-19-21-6-7-28-19/h2-8,10H,9H2,1H3,(H,25,26)(H,21,22,23). The molecule has 7 nitrogen and oxygen atoms in total. The number of thiazole rings is 1. The van der Waals surface area contributed by atoms with Crippen LogP contribution in [0.3, 0.4) is 0 Å². The number of nitrogens with one attached hydrogen (secondary N) is 1. The predicted molar refractivity (Wildman–Crippen MR) is 109 cm³/mol. The first-order chi connectivity index (χ1) is 13.9. The average Bonchev–Trinajstić information content (AvgIpc) is 3.29. The molecule has 2 N–H and O–H groups in total. The van der Waals surface area contributed by atoms with Gasteiger partial charge >= 0.3 is 5.97 Å². The monoisotopic (exact) mass is 430 g/mol. The molecule has 0 radical (unpaired) electrons. The van der Waals surface area contributed by atoms with E-state index in [1.807, 2.05) is 5.38 Å². The highest BCUT2D eigenvalue weighted by molar-refractivity contribution is 7.83. The Labute approximate surface area is 171 Å². The number of carboxylic acids is 1. The van der Waals surface area contributed by atoms with E-state index < -0.39 is 22.8 Å². The number of aromatic nitrogens is 3. The molecule has 4 rings (SSSR count). The summed E-state index contributed by atoms with van der Waals surface area (Å²) in [6.07, 6.45) is 2.87. The summed E-state index contributed by atoms with van der Waals surface area (Å²) in [5, 5.41) is 15.2. The quantitative estimate of drug-likeness (QED) is 0.482. The summed E-state index contributed by atoms with van der Waals surface area (Å²) in [4.78, 5) is 20.1. The summed E-state index contributed by atoms with van der Waals surface area (Å²) in [6, 6.07) is 7.40. The molecule has 3 heterocycles. The number of halogens is 1. The number of carboxylic acid groups (broad SMARTS) is 1. The Bertz CT molecular complexity index is 1220. The molecule has 1 unspecified atom stereocenters. The Hall–Kier alpha value is -3.11. The van der Waals surface area contributed by atoms with Crippen LogP contribution in [0.2, 0.25) is 0 Å². The van der Waals surface area contributed by atoms with E-state index in [2.05, 4.69) is 15.3 Å². The van der Waals surface area contributed by atoms with Gasteiger partial charge in [-0.25, -0.2) is 18.6 Å². The van der Waals surface area contributed by atoms with Crippen molar-refractivity contribution in [1.29, 1.82) is 0 Å². The number of aliphatic carboxylic acids is 1. The van der Waals surface area contributed by atoms with Crippen molar-refractivity contribution in [1.82, 2.24) is 13.9 Å². The molecule has 29 heavy (non-hydrogen) atoms. The maximum Gasteiger partial charge on any atom is 0.307 e. The van der Waals surface area contributed by atoms with Crippen LogP contribution in [-0.2, 0) is 22.2 Å². The minimum absolute atomic E-state index is 0.287. The largest absolute Gasteiger partial charge is 0.481 e. The molecule has 148 valence electrons. The molecule has 0 aliphatic rings. The molecule has 0 aliphatic heterocycles. The number of hydrogen-bond acceptors (Lipinski definition) is 6. The number of nitrogens with zero attached hydrogens (tertiary/aromatic N) is 3. The lowest BCUT2D eigenvalue weighted by molar-refractivity contribution is -0.136. The SMILES string of the molecule is Cc1c(CC(=O)O)c2cc(F)ccc2n1S(=O)c1ccc(Nc2nccs2)nc1. The lowest BCUT2D eigenvalue weighted by Gasteiger charge is -2.09. The van der Waals surface area contributed by atoms with Gasteiger partial charge in [0.25, 0.3) is 0 Å². The van der Waals surface area contributed by atoms with Gasteiger partial charge in [-0.3, -0.25) is 8.77 Å². The normalized spacial score (nSPS) is 12.2. The first kappa shape index (κ1) is 19.2. The zero-order valence-electron chi connectivity index (χ0n) is 15.1. The minimum Gasteiger partial charge on any atom is -0.481 e. The molecule has 0 fully saturated rings. The van der Waals surface area contributed by atoms with Gasteiger partial charge < -0.3 is 10.4 Å². The Kier molecular flexibility index (Phi) is 5.12. The van der Waals surface area contributed by atoms with Crippen LogP contribution >= 0.6 is 11.3 Å². The topological polar surface area (TPSA) is 97.1 Å². The number of benzene rings is 1. The van der Waals surface area contributed by atoms with Gasteiger partial charge in [0, 0.05) is 28.9 Å². The van der Waals surface area contributed by atoms with Crippen molar-refractivity contribution >= 4 is 50.1 Å². The highest BCUT2D eigenvalue weighted by atomic mass is 32.2. The minimum atomic E-state index is -1.68. The second kappa shape index (κ2) is 7.72. The Balaban J connectivity index is 1.73. The lowest BCUT2D eigenvalue weighted by atomic mass is 10.1. The summed E-state index contributed by atoms with van der Waals surface area (Å²) in [5.74, 6) is -0.962. The van der Waals surface area contributed by atoms with Gasteiger partial charge in [0.05, 0.1) is 16.8 Å². The molecule has 3 aromatic heterocycles. The van der Waals surface area contributed by atoms with Gasteiger partial charge in [0.15, 0.2) is 16.1 Å². The molecular formula is C19H15FN4O3S2. The average molecular weight is 430 g/mol. The highest BCUT2D eigenvalue weighted by Gasteiger charge is 2.21. The van der Waals surface area contributed by atoms with Crippen LogP contribution in [0.1, 0.15) is 11.3 Å². The van der Waals surface area contributed by atoms with E-state index in [0.29, 0.717) is 38.0 Å². The first-order valence-electron chi connectivity index (χ1n) is 8.50. The van der Waals surface area contributed by atoms with Crippen molar-refractivity contribution in [2.75, 3.05) is 5.32 Å². The molecule has 0 amide bonds. The molecule has 0 saturated heterocycles. The van der Waals surface area contributed by atoms with Crippen molar-refractivity contribution in [2.24, 2.45) is 0 Å². The molecule has 1 atom stereocenters. The van der Waals surface area contributed by atoms with E-state index in [4.69, 9.17) is 0 Å². The second-order valence-electron chi connectivity index (χ2n) is 6.18. The van der Waals surface area contributed by atoms with E-state index in [1.54, 1.807) is 25.3 Å². The van der Waals surface area contributed by atoms with Gasteiger partial charge in [0.1, 0.15) is 11.6 Å². The molecule has 0 bridgehead atoms. The highest BCUT2D eigenvalue weighted by Crippen LogP contribution is 2.30. The number of anilines is 2. The van der Waals surface area contributed by atoms with Gasteiger partial charge in [-0.15, -0.1) is 11.3 Å². The van der Waals surface area contributed by atoms with Gasteiger partial charge in [0.2, 0.25) is 0 Å². The molecular weight excluding hydrogens is 415 g/mol. The van der Waals surface area contributed by atoms with Crippen molar-refractivity contribution in [3.05, 3.63) is 65.2 Å². The maximum absolute atomic E-state index is 13.8. The van der Waals surface area contributed by atoms with Crippen LogP contribution in [-0.4, -0.2) is 29.2 Å². The van der Waals surface area contributed by atoms with Gasteiger partial charge in [-0.1, -0.05) is 0 Å². The van der Waals surface area contributed by atoms with Crippen molar-refractivity contribution in [3.8, 4) is 0 Å². The smallest absolute Gasteiger partial charge is 0.307 e. The zero-order chi connectivity index (χ0) is 20.5. The Morgan fingerprint density at radius 1 is 1.31 bits per heavy atom. The fraction of sp³-hybridized carbons (Fsp3) is 0.105. The van der Waals surface area contributed by atoms with E-state index in [-0.39, 0.29) is 6.42 Å². The van der Waals surface area contributed by atoms with E-state index in [1.165, 1.54) is 39.7 Å². The van der Waals surface area contributed by atoms with Crippen LogP contribution < -0.4 is 5.32 Å². The van der Waals surface area contributed by atoms with Crippen LogP contribution in [0.15, 0.2) is 53.0 Å². The Morgan fingerprint density at radius 3 is 2.79 bits per heavy atom. The van der Waals surface area contributed by atoms with Crippen molar-refractivity contribution in [2.45, 2.75) is 18.2 Å². The van der Waals surface area contributed by atoms with Crippen LogP contribution in [0, 0.1) is 12.7 Å². The third-order valence-electron chi connectivity index (χ3n) is 4.34.